The SMILES string of the molecule is CCNC(=O)c1ccccc1NC(=O)c1ccccc1. The highest BCUT2D eigenvalue weighted by Crippen LogP contribution is 2.16. The van der Waals surface area contributed by atoms with Crippen molar-refractivity contribution in [1.29, 1.82) is 0 Å². The number of anilines is 1. The molecule has 0 unspecified atom stereocenters. The predicted molar refractivity (Wildman–Crippen MR) is 78.8 cm³/mol. The van der Waals surface area contributed by atoms with Crippen LogP contribution in [0.3, 0.4) is 0 Å². The van der Waals surface area contributed by atoms with E-state index in [0.29, 0.717) is 23.4 Å². The van der Waals surface area contributed by atoms with Gasteiger partial charge < -0.3 is 10.6 Å². The molecule has 0 atom stereocenters. The van der Waals surface area contributed by atoms with Gasteiger partial charge in [-0.1, -0.05) is 30.3 Å². The molecule has 2 aromatic rings. The second-order valence-corrected chi connectivity index (χ2v) is 4.23. The summed E-state index contributed by atoms with van der Waals surface area (Å²) in [5.41, 5.74) is 1.52. The molecule has 2 N–H and O–H groups in total. The molecule has 0 aliphatic rings. The van der Waals surface area contributed by atoms with Crippen LogP contribution in [0.25, 0.3) is 0 Å². The third-order valence-electron chi connectivity index (χ3n) is 2.79. The van der Waals surface area contributed by atoms with E-state index in [-0.39, 0.29) is 11.8 Å². The fourth-order valence-electron chi connectivity index (χ4n) is 1.83. The molecule has 0 aliphatic carbocycles. The van der Waals surface area contributed by atoms with Crippen LogP contribution in [0.2, 0.25) is 0 Å². The average molecular weight is 268 g/mol. The van der Waals surface area contributed by atoms with Crippen LogP contribution < -0.4 is 10.6 Å². The average Bonchev–Trinajstić information content (AvgIpc) is 2.49. The first-order valence-electron chi connectivity index (χ1n) is 6.46. The molecular weight excluding hydrogens is 252 g/mol. The molecule has 0 saturated heterocycles. The molecular formula is C16H16N2O2. The molecule has 2 amide bonds. The highest BCUT2D eigenvalue weighted by Gasteiger charge is 2.12. The Bertz CT molecular complexity index is 609. The van der Waals surface area contributed by atoms with Crippen LogP contribution in [0.4, 0.5) is 5.69 Å². The summed E-state index contributed by atoms with van der Waals surface area (Å²) in [6.07, 6.45) is 0. The van der Waals surface area contributed by atoms with Gasteiger partial charge in [0.25, 0.3) is 11.8 Å². The summed E-state index contributed by atoms with van der Waals surface area (Å²) in [4.78, 5) is 24.0. The van der Waals surface area contributed by atoms with E-state index in [4.69, 9.17) is 0 Å². The summed E-state index contributed by atoms with van der Waals surface area (Å²) < 4.78 is 0. The smallest absolute Gasteiger partial charge is 0.255 e. The Kier molecular flexibility index (Phi) is 4.50. The van der Waals surface area contributed by atoms with Crippen LogP contribution in [0.5, 0.6) is 0 Å². The van der Waals surface area contributed by atoms with Crippen molar-refractivity contribution in [3.8, 4) is 0 Å². The first-order valence-corrected chi connectivity index (χ1v) is 6.46. The largest absolute Gasteiger partial charge is 0.352 e. The van der Waals surface area contributed by atoms with Crippen LogP contribution in [0.15, 0.2) is 54.6 Å². The first-order chi connectivity index (χ1) is 9.72. The second-order valence-electron chi connectivity index (χ2n) is 4.23. The lowest BCUT2D eigenvalue weighted by Gasteiger charge is -2.10. The van der Waals surface area contributed by atoms with Crippen LogP contribution in [0.1, 0.15) is 27.6 Å². The minimum absolute atomic E-state index is 0.198. The van der Waals surface area contributed by atoms with E-state index in [1.165, 1.54) is 0 Å². The van der Waals surface area contributed by atoms with Gasteiger partial charge in [0, 0.05) is 12.1 Å². The Morgan fingerprint density at radius 3 is 2.25 bits per heavy atom. The summed E-state index contributed by atoms with van der Waals surface area (Å²) in [6, 6.07) is 15.8. The lowest BCUT2D eigenvalue weighted by atomic mass is 10.1. The van der Waals surface area contributed by atoms with Crippen LogP contribution >= 0.6 is 0 Å². The van der Waals surface area contributed by atoms with Crippen molar-refractivity contribution in [3.63, 3.8) is 0 Å². The van der Waals surface area contributed by atoms with Gasteiger partial charge in [-0.05, 0) is 31.2 Å². The van der Waals surface area contributed by atoms with E-state index in [2.05, 4.69) is 10.6 Å². The molecule has 0 spiro atoms. The molecule has 2 aromatic carbocycles. The van der Waals surface area contributed by atoms with Gasteiger partial charge in [-0.25, -0.2) is 0 Å². The Morgan fingerprint density at radius 2 is 1.55 bits per heavy atom. The molecule has 4 heteroatoms. The second kappa shape index (κ2) is 6.52. The Balaban J connectivity index is 2.21. The van der Waals surface area contributed by atoms with Crippen molar-refractivity contribution < 1.29 is 9.59 Å². The molecule has 0 aliphatic heterocycles. The molecule has 0 saturated carbocycles. The first kappa shape index (κ1) is 13.8. The summed E-state index contributed by atoms with van der Waals surface area (Å²) in [5, 5.41) is 5.49. The Labute approximate surface area is 117 Å². The number of carbonyl (C=O) groups is 2. The summed E-state index contributed by atoms with van der Waals surface area (Å²) in [6.45, 7) is 2.39. The topological polar surface area (TPSA) is 58.2 Å². The highest BCUT2D eigenvalue weighted by molar-refractivity contribution is 6.08. The van der Waals surface area contributed by atoms with Crippen molar-refractivity contribution in [1.82, 2.24) is 5.32 Å². The number of amides is 2. The minimum atomic E-state index is -0.234. The summed E-state index contributed by atoms with van der Waals surface area (Å²) in [7, 11) is 0. The van der Waals surface area contributed by atoms with Crippen molar-refractivity contribution in [2.24, 2.45) is 0 Å². The zero-order chi connectivity index (χ0) is 14.4. The van der Waals surface area contributed by atoms with Gasteiger partial charge in [0.15, 0.2) is 0 Å². The fraction of sp³-hybridized carbons (Fsp3) is 0.125. The van der Waals surface area contributed by atoms with Gasteiger partial charge >= 0.3 is 0 Å². The zero-order valence-corrected chi connectivity index (χ0v) is 11.2. The number of rotatable bonds is 4. The van der Waals surface area contributed by atoms with Crippen LogP contribution in [-0.4, -0.2) is 18.4 Å². The Hall–Kier alpha value is -2.62. The van der Waals surface area contributed by atoms with Crippen molar-refractivity contribution in [3.05, 3.63) is 65.7 Å². The number of hydrogen-bond donors (Lipinski definition) is 2. The van der Waals surface area contributed by atoms with Crippen molar-refractivity contribution in [2.75, 3.05) is 11.9 Å². The van der Waals surface area contributed by atoms with Gasteiger partial charge in [-0.15, -0.1) is 0 Å². The third kappa shape index (κ3) is 3.23. The van der Waals surface area contributed by atoms with Crippen LogP contribution in [-0.2, 0) is 0 Å². The van der Waals surface area contributed by atoms with Gasteiger partial charge in [-0.3, -0.25) is 9.59 Å². The molecule has 0 bridgehead atoms. The fourth-order valence-corrected chi connectivity index (χ4v) is 1.83. The van der Waals surface area contributed by atoms with E-state index in [1.54, 1.807) is 48.5 Å². The van der Waals surface area contributed by atoms with Crippen molar-refractivity contribution in [2.45, 2.75) is 6.92 Å². The lowest BCUT2D eigenvalue weighted by Crippen LogP contribution is -2.24. The number of para-hydroxylation sites is 1. The molecule has 0 aromatic heterocycles. The molecule has 2 rings (SSSR count). The van der Waals surface area contributed by atoms with Gasteiger partial charge in [0.2, 0.25) is 0 Å². The van der Waals surface area contributed by atoms with Crippen LogP contribution in [0, 0.1) is 0 Å². The van der Waals surface area contributed by atoms with E-state index in [1.807, 2.05) is 13.0 Å². The summed E-state index contributed by atoms with van der Waals surface area (Å²) >= 11 is 0. The standard InChI is InChI=1S/C16H16N2O2/c1-2-17-16(20)13-10-6-7-11-14(13)18-15(19)12-8-4-3-5-9-12/h3-11H,2H2,1H3,(H,17,20)(H,18,19). The quantitative estimate of drug-likeness (QED) is 0.895. The monoisotopic (exact) mass is 268 g/mol. The van der Waals surface area contributed by atoms with Gasteiger partial charge in [0.05, 0.1) is 11.3 Å². The number of nitrogens with one attached hydrogen (secondary N) is 2. The number of hydrogen-bond acceptors (Lipinski definition) is 2. The molecule has 0 radical (unpaired) electrons. The third-order valence-corrected chi connectivity index (χ3v) is 2.79. The maximum atomic E-state index is 12.1. The Morgan fingerprint density at radius 1 is 0.900 bits per heavy atom. The minimum Gasteiger partial charge on any atom is -0.352 e. The zero-order valence-electron chi connectivity index (χ0n) is 11.2. The van der Waals surface area contributed by atoms with Crippen molar-refractivity contribution >= 4 is 17.5 Å². The lowest BCUT2D eigenvalue weighted by molar-refractivity contribution is 0.0956. The molecule has 4 nitrogen and oxygen atoms in total. The number of benzene rings is 2. The predicted octanol–water partition coefficient (Wildman–Crippen LogP) is 2.69. The van der Waals surface area contributed by atoms with E-state index >= 15 is 0 Å². The van der Waals surface area contributed by atoms with E-state index < -0.39 is 0 Å². The van der Waals surface area contributed by atoms with Gasteiger partial charge in [0.1, 0.15) is 0 Å². The maximum absolute atomic E-state index is 12.1. The summed E-state index contributed by atoms with van der Waals surface area (Å²) in [5.74, 6) is -0.432. The molecule has 102 valence electrons. The van der Waals surface area contributed by atoms with Gasteiger partial charge in [-0.2, -0.15) is 0 Å². The molecule has 0 heterocycles. The van der Waals surface area contributed by atoms with E-state index in [0.717, 1.165) is 0 Å². The highest BCUT2D eigenvalue weighted by atomic mass is 16.2. The normalized spacial score (nSPS) is 9.85. The molecule has 20 heavy (non-hydrogen) atoms. The number of carbonyl (C=O) groups excluding carboxylic acids is 2. The maximum Gasteiger partial charge on any atom is 0.255 e. The molecule has 0 fully saturated rings. The van der Waals surface area contributed by atoms with E-state index in [9.17, 15) is 9.59 Å².